The fourth-order valence-corrected chi connectivity index (χ4v) is 4.85. The Labute approximate surface area is 224 Å². The molecule has 1 fully saturated rings. The summed E-state index contributed by atoms with van der Waals surface area (Å²) in [7, 11) is 9.66. The van der Waals surface area contributed by atoms with E-state index in [0.717, 1.165) is 34.0 Å². The number of rotatable bonds is 8. The van der Waals surface area contributed by atoms with Crippen LogP contribution in [0.25, 0.3) is 21.9 Å². The van der Waals surface area contributed by atoms with E-state index in [1.807, 2.05) is 42.1 Å². The lowest BCUT2D eigenvalue weighted by Crippen LogP contribution is -2.54. The number of nitrogens with zero attached hydrogens (tertiary/aromatic N) is 5. The molecular formula is C27H32F3N5O4. The van der Waals surface area contributed by atoms with E-state index in [1.165, 1.54) is 4.57 Å². The minimum absolute atomic E-state index is 0.0344. The topological polar surface area (TPSA) is 80.1 Å². The van der Waals surface area contributed by atoms with Crippen molar-refractivity contribution in [1.29, 1.82) is 0 Å². The molecule has 39 heavy (non-hydrogen) atoms. The predicted molar refractivity (Wildman–Crippen MR) is 142 cm³/mol. The SMILES string of the molecule is COc1cc(-c2cn(C)c(=O)c3cnc(N(C)C)cc23)cc(OC)c1CN1CC[C@H]1CN(C)C(=O)C(F)(F)F. The van der Waals surface area contributed by atoms with E-state index in [4.69, 9.17) is 9.47 Å². The number of likely N-dealkylation sites (tertiary alicyclic amines) is 1. The van der Waals surface area contributed by atoms with Gasteiger partial charge in [0.25, 0.3) is 5.56 Å². The molecule has 3 heterocycles. The average molecular weight is 548 g/mol. The van der Waals surface area contributed by atoms with Gasteiger partial charge in [-0.2, -0.15) is 13.2 Å². The van der Waals surface area contributed by atoms with Crippen LogP contribution in [0.1, 0.15) is 12.0 Å². The van der Waals surface area contributed by atoms with Gasteiger partial charge < -0.3 is 23.8 Å². The highest BCUT2D eigenvalue weighted by atomic mass is 19.4. The summed E-state index contributed by atoms with van der Waals surface area (Å²) >= 11 is 0. The number of hydrogen-bond acceptors (Lipinski definition) is 7. The van der Waals surface area contributed by atoms with Crippen LogP contribution in [0.15, 0.2) is 35.4 Å². The maximum Gasteiger partial charge on any atom is 0.471 e. The lowest BCUT2D eigenvalue weighted by Gasteiger charge is -2.43. The summed E-state index contributed by atoms with van der Waals surface area (Å²) in [6.45, 7) is 1.000. The highest BCUT2D eigenvalue weighted by molar-refractivity contribution is 5.97. The lowest BCUT2D eigenvalue weighted by atomic mass is 9.96. The number of anilines is 1. The van der Waals surface area contributed by atoms with Gasteiger partial charge in [0.15, 0.2) is 0 Å². The van der Waals surface area contributed by atoms with Gasteiger partial charge in [-0.05, 0) is 30.2 Å². The Hall–Kier alpha value is -3.80. The highest BCUT2D eigenvalue weighted by Gasteiger charge is 2.43. The number of methoxy groups -OCH3 is 2. The zero-order chi connectivity index (χ0) is 28.6. The summed E-state index contributed by atoms with van der Waals surface area (Å²) in [4.78, 5) is 33.4. The maximum absolute atomic E-state index is 12.8. The number of benzene rings is 1. The minimum atomic E-state index is -4.90. The van der Waals surface area contributed by atoms with E-state index < -0.39 is 12.1 Å². The standard InChI is InChI=1S/C27H32F3N5O4/c1-32(2)24-11-18-19(12-31-24)25(36)33(3)14-20(18)16-9-22(38-5)21(23(10-16)39-6)15-35-8-7-17(35)13-34(4)26(37)27(28,29)30/h9-12,14,17H,7-8,13,15H2,1-6H3/t17-/m0/s1. The number of aryl methyl sites for hydroxylation is 1. The molecule has 1 aromatic carbocycles. The van der Waals surface area contributed by atoms with Gasteiger partial charge in [-0.25, -0.2) is 4.98 Å². The Morgan fingerprint density at radius 2 is 1.74 bits per heavy atom. The van der Waals surface area contributed by atoms with Crippen molar-refractivity contribution >= 4 is 22.5 Å². The molecular weight excluding hydrogens is 515 g/mol. The maximum atomic E-state index is 12.8. The number of alkyl halides is 3. The van der Waals surface area contributed by atoms with Crippen molar-refractivity contribution in [1.82, 2.24) is 19.4 Å². The Kier molecular flexibility index (Phi) is 7.78. The van der Waals surface area contributed by atoms with Gasteiger partial charge in [0.2, 0.25) is 0 Å². The van der Waals surface area contributed by atoms with Gasteiger partial charge in [-0.15, -0.1) is 0 Å². The van der Waals surface area contributed by atoms with Crippen LogP contribution in [-0.2, 0) is 18.4 Å². The van der Waals surface area contributed by atoms with Crippen LogP contribution < -0.4 is 19.9 Å². The van der Waals surface area contributed by atoms with Crippen LogP contribution in [0.5, 0.6) is 11.5 Å². The second-order valence-corrected chi connectivity index (χ2v) is 9.90. The smallest absolute Gasteiger partial charge is 0.471 e. The van der Waals surface area contributed by atoms with Crippen LogP contribution >= 0.6 is 0 Å². The second kappa shape index (κ2) is 10.8. The highest BCUT2D eigenvalue weighted by Crippen LogP contribution is 2.39. The lowest BCUT2D eigenvalue weighted by molar-refractivity contribution is -0.185. The monoisotopic (exact) mass is 547 g/mol. The van der Waals surface area contributed by atoms with Gasteiger partial charge in [-0.1, -0.05) is 0 Å². The first-order valence-electron chi connectivity index (χ1n) is 12.3. The molecule has 0 bridgehead atoms. The zero-order valence-electron chi connectivity index (χ0n) is 22.8. The first-order valence-corrected chi connectivity index (χ1v) is 12.3. The molecule has 1 aliphatic rings. The van der Waals surface area contributed by atoms with Gasteiger partial charge in [0.05, 0.1) is 25.2 Å². The molecule has 0 N–H and O–H groups in total. The van der Waals surface area contributed by atoms with E-state index in [-0.39, 0.29) is 18.1 Å². The van der Waals surface area contributed by atoms with Crippen molar-refractivity contribution in [3.63, 3.8) is 0 Å². The van der Waals surface area contributed by atoms with E-state index >= 15 is 0 Å². The zero-order valence-corrected chi connectivity index (χ0v) is 22.8. The molecule has 1 saturated heterocycles. The van der Waals surface area contributed by atoms with Crippen LogP contribution in [0, 0.1) is 0 Å². The van der Waals surface area contributed by atoms with E-state index in [0.29, 0.717) is 42.2 Å². The van der Waals surface area contributed by atoms with E-state index in [2.05, 4.69) is 4.98 Å². The van der Waals surface area contributed by atoms with Crippen LogP contribution in [0.2, 0.25) is 0 Å². The minimum Gasteiger partial charge on any atom is -0.496 e. The summed E-state index contributed by atoms with van der Waals surface area (Å²) in [5, 5.41) is 1.21. The molecule has 210 valence electrons. The number of hydrogen-bond donors (Lipinski definition) is 0. The summed E-state index contributed by atoms with van der Waals surface area (Å²) in [5.41, 5.74) is 2.12. The molecule has 0 aliphatic carbocycles. The molecule has 12 heteroatoms. The Bertz CT molecular complexity index is 1430. The molecule has 0 unspecified atom stereocenters. The van der Waals surface area contributed by atoms with Gasteiger partial charge in [0, 0.05) is 77.2 Å². The van der Waals surface area contributed by atoms with Gasteiger partial charge >= 0.3 is 12.1 Å². The predicted octanol–water partition coefficient (Wildman–Crippen LogP) is 3.28. The molecule has 0 spiro atoms. The molecule has 9 nitrogen and oxygen atoms in total. The van der Waals surface area contributed by atoms with Crippen LogP contribution in [0.4, 0.5) is 19.0 Å². The number of amides is 1. The molecule has 1 atom stereocenters. The Morgan fingerprint density at radius 3 is 2.26 bits per heavy atom. The molecule has 0 radical (unpaired) electrons. The van der Waals surface area contributed by atoms with E-state index in [9.17, 15) is 22.8 Å². The van der Waals surface area contributed by atoms with Crippen molar-refractivity contribution in [2.24, 2.45) is 7.05 Å². The molecule has 4 rings (SSSR count). The summed E-state index contributed by atoms with van der Waals surface area (Å²) in [5.74, 6) is -0.0754. The number of carbonyl (C=O) groups is 1. The fraction of sp³-hybridized carbons (Fsp3) is 0.444. The van der Waals surface area contributed by atoms with Crippen molar-refractivity contribution in [3.8, 4) is 22.6 Å². The van der Waals surface area contributed by atoms with E-state index in [1.54, 1.807) is 33.7 Å². The third-order valence-electron chi connectivity index (χ3n) is 7.13. The number of aromatic nitrogens is 2. The van der Waals surface area contributed by atoms with Gasteiger partial charge in [-0.3, -0.25) is 14.5 Å². The van der Waals surface area contributed by atoms with Crippen LogP contribution in [-0.4, -0.2) is 85.9 Å². The normalized spacial score (nSPS) is 15.7. The summed E-state index contributed by atoms with van der Waals surface area (Å²) in [6.07, 6.45) is -0.897. The van der Waals surface area contributed by atoms with Crippen molar-refractivity contribution in [2.75, 3.05) is 53.4 Å². The number of halogens is 3. The summed E-state index contributed by atoms with van der Waals surface area (Å²) in [6, 6.07) is 5.37. The Balaban J connectivity index is 1.70. The molecule has 1 amide bonds. The first-order chi connectivity index (χ1) is 18.3. The van der Waals surface area contributed by atoms with Gasteiger partial charge in [0.1, 0.15) is 17.3 Å². The third kappa shape index (κ3) is 5.51. The number of ether oxygens (including phenoxy) is 2. The fourth-order valence-electron chi connectivity index (χ4n) is 4.85. The second-order valence-electron chi connectivity index (χ2n) is 9.90. The average Bonchev–Trinajstić information content (AvgIpc) is 2.89. The Morgan fingerprint density at radius 1 is 1.10 bits per heavy atom. The molecule has 1 aliphatic heterocycles. The number of carbonyl (C=O) groups excluding carboxylic acids is 1. The molecule has 3 aromatic rings. The first kappa shape index (κ1) is 28.2. The number of pyridine rings is 2. The summed E-state index contributed by atoms with van der Waals surface area (Å²) < 4.78 is 51.5. The van der Waals surface area contributed by atoms with Crippen LogP contribution in [0.3, 0.4) is 0 Å². The molecule has 0 saturated carbocycles. The molecule has 2 aromatic heterocycles. The van der Waals surface area contributed by atoms with Crippen molar-refractivity contribution < 1.29 is 27.4 Å². The van der Waals surface area contributed by atoms with Crippen molar-refractivity contribution in [3.05, 3.63) is 46.5 Å². The largest absolute Gasteiger partial charge is 0.496 e. The quantitative estimate of drug-likeness (QED) is 0.428. The van der Waals surface area contributed by atoms with Crippen molar-refractivity contribution in [2.45, 2.75) is 25.2 Å². The number of likely N-dealkylation sites (N-methyl/N-ethyl adjacent to an activating group) is 1. The third-order valence-corrected chi connectivity index (χ3v) is 7.13. The number of fused-ring (bicyclic) bond motifs is 1.